The fourth-order valence-electron chi connectivity index (χ4n) is 2.82. The smallest absolute Gasteiger partial charge is 0.316 e. The lowest BCUT2D eigenvalue weighted by molar-refractivity contribution is -0.134. The van der Waals surface area contributed by atoms with Crippen molar-refractivity contribution in [3.05, 3.63) is 90.0 Å². The third kappa shape index (κ3) is 4.87. The zero-order chi connectivity index (χ0) is 20.6. The topological polar surface area (TPSA) is 75.7 Å². The molecule has 3 rings (SSSR count). The Labute approximate surface area is 168 Å². The van der Waals surface area contributed by atoms with Crippen LogP contribution in [-0.4, -0.2) is 25.2 Å². The molecule has 6 heteroatoms. The van der Waals surface area contributed by atoms with E-state index in [4.69, 9.17) is 4.74 Å². The van der Waals surface area contributed by atoms with Crippen LogP contribution in [0.25, 0.3) is 0 Å². The second-order valence-corrected chi connectivity index (χ2v) is 6.23. The van der Waals surface area contributed by atoms with Gasteiger partial charge in [0.1, 0.15) is 5.75 Å². The fraction of sp³-hybridized carbons (Fsp3) is 0.0870. The number of hydrogen-bond donors (Lipinski definition) is 1. The summed E-state index contributed by atoms with van der Waals surface area (Å²) in [5, 5.41) is 2.53. The van der Waals surface area contributed by atoms with Gasteiger partial charge in [-0.1, -0.05) is 42.5 Å². The first kappa shape index (κ1) is 19.8. The first-order valence-corrected chi connectivity index (χ1v) is 8.97. The second kappa shape index (κ2) is 9.32. The molecule has 0 spiro atoms. The molecule has 3 aromatic carbocycles. The lowest BCUT2D eigenvalue weighted by Gasteiger charge is -2.23. The van der Waals surface area contributed by atoms with Crippen LogP contribution >= 0.6 is 0 Å². The molecule has 0 saturated heterocycles. The Morgan fingerprint density at radius 3 is 2.24 bits per heavy atom. The van der Waals surface area contributed by atoms with Crippen LogP contribution in [0.2, 0.25) is 0 Å². The number of carbonyl (C=O) groups is 3. The summed E-state index contributed by atoms with van der Waals surface area (Å²) in [5.41, 5.74) is 2.01. The number of ether oxygens (including phenoxy) is 1. The van der Waals surface area contributed by atoms with E-state index in [-0.39, 0.29) is 12.2 Å². The zero-order valence-electron chi connectivity index (χ0n) is 15.9. The van der Waals surface area contributed by atoms with Crippen LogP contribution in [-0.2, 0) is 16.1 Å². The van der Waals surface area contributed by atoms with Crippen LogP contribution in [0.3, 0.4) is 0 Å². The summed E-state index contributed by atoms with van der Waals surface area (Å²) in [7, 11) is 1.56. The molecule has 0 radical (unpaired) electrons. The Balaban J connectivity index is 1.88. The number of hydrogen-bond acceptors (Lipinski definition) is 4. The van der Waals surface area contributed by atoms with Gasteiger partial charge >= 0.3 is 11.8 Å². The van der Waals surface area contributed by atoms with Gasteiger partial charge in [0.15, 0.2) is 6.29 Å². The highest BCUT2D eigenvalue weighted by atomic mass is 16.5. The van der Waals surface area contributed by atoms with Gasteiger partial charge in [0.2, 0.25) is 0 Å². The molecule has 0 fully saturated rings. The predicted octanol–water partition coefficient (Wildman–Crippen LogP) is 3.68. The number of nitrogens with one attached hydrogen (secondary N) is 1. The van der Waals surface area contributed by atoms with Crippen LogP contribution in [0.15, 0.2) is 78.9 Å². The molecule has 3 aromatic rings. The van der Waals surface area contributed by atoms with E-state index < -0.39 is 11.8 Å². The van der Waals surface area contributed by atoms with Gasteiger partial charge in [-0.15, -0.1) is 0 Å². The van der Waals surface area contributed by atoms with Crippen molar-refractivity contribution in [2.24, 2.45) is 0 Å². The standard InChI is InChI=1S/C23H20N2O4/c1-29-20-13-11-19(12-14-20)25(15-17-7-3-2-4-8-17)23(28)22(27)24-21-10-6-5-9-18(21)16-26/h2-14,16H,15H2,1H3,(H,24,27). The molecular weight excluding hydrogens is 368 g/mol. The van der Waals surface area contributed by atoms with Gasteiger partial charge in [0.25, 0.3) is 0 Å². The second-order valence-electron chi connectivity index (χ2n) is 6.23. The molecule has 0 bridgehead atoms. The fourth-order valence-corrected chi connectivity index (χ4v) is 2.82. The lowest BCUT2D eigenvalue weighted by atomic mass is 10.1. The van der Waals surface area contributed by atoms with Crippen LogP contribution in [0.5, 0.6) is 5.75 Å². The number of para-hydroxylation sites is 1. The summed E-state index contributed by atoms with van der Waals surface area (Å²) < 4.78 is 5.16. The number of nitrogens with zero attached hydrogens (tertiary/aromatic N) is 1. The van der Waals surface area contributed by atoms with E-state index in [2.05, 4.69) is 5.32 Å². The van der Waals surface area contributed by atoms with Crippen molar-refractivity contribution in [2.45, 2.75) is 6.54 Å². The van der Waals surface area contributed by atoms with Gasteiger partial charge in [0.05, 0.1) is 19.3 Å². The molecule has 0 heterocycles. The monoisotopic (exact) mass is 388 g/mol. The third-order valence-electron chi connectivity index (χ3n) is 4.34. The average molecular weight is 388 g/mol. The van der Waals surface area contributed by atoms with Crippen molar-refractivity contribution in [3.63, 3.8) is 0 Å². The maximum atomic E-state index is 13.0. The van der Waals surface area contributed by atoms with Crippen molar-refractivity contribution in [1.82, 2.24) is 0 Å². The average Bonchev–Trinajstić information content (AvgIpc) is 2.78. The van der Waals surface area contributed by atoms with Crippen molar-refractivity contribution in [1.29, 1.82) is 0 Å². The van der Waals surface area contributed by atoms with Crippen molar-refractivity contribution in [3.8, 4) is 5.75 Å². The Hall–Kier alpha value is -3.93. The highest BCUT2D eigenvalue weighted by molar-refractivity contribution is 6.44. The molecule has 1 N–H and O–H groups in total. The summed E-state index contributed by atoms with van der Waals surface area (Å²) in [4.78, 5) is 38.2. The summed E-state index contributed by atoms with van der Waals surface area (Å²) in [5.74, 6) is -0.920. The molecule has 0 saturated carbocycles. The van der Waals surface area contributed by atoms with Crippen molar-refractivity contribution >= 4 is 29.5 Å². The number of benzene rings is 3. The molecule has 0 aliphatic heterocycles. The minimum absolute atomic E-state index is 0.217. The Morgan fingerprint density at radius 1 is 0.931 bits per heavy atom. The number of methoxy groups -OCH3 is 1. The Kier molecular flexibility index (Phi) is 6.37. The van der Waals surface area contributed by atoms with Crippen LogP contribution in [0.1, 0.15) is 15.9 Å². The molecule has 0 unspecified atom stereocenters. The maximum absolute atomic E-state index is 13.0. The van der Waals surface area contributed by atoms with Gasteiger partial charge in [-0.3, -0.25) is 19.3 Å². The molecular formula is C23H20N2O4. The van der Waals surface area contributed by atoms with Crippen LogP contribution in [0.4, 0.5) is 11.4 Å². The van der Waals surface area contributed by atoms with E-state index in [0.717, 1.165) is 5.56 Å². The van der Waals surface area contributed by atoms with E-state index in [9.17, 15) is 14.4 Å². The first-order valence-electron chi connectivity index (χ1n) is 8.97. The SMILES string of the molecule is COc1ccc(N(Cc2ccccc2)C(=O)C(=O)Nc2ccccc2C=O)cc1. The van der Waals surface area contributed by atoms with E-state index in [0.29, 0.717) is 23.3 Å². The highest BCUT2D eigenvalue weighted by Gasteiger charge is 2.24. The normalized spacial score (nSPS) is 10.1. The Bertz CT molecular complexity index is 1000. The maximum Gasteiger partial charge on any atom is 0.316 e. The molecule has 2 amide bonds. The van der Waals surface area contributed by atoms with Gasteiger partial charge in [-0.2, -0.15) is 0 Å². The molecule has 0 aromatic heterocycles. The molecule has 29 heavy (non-hydrogen) atoms. The molecule has 146 valence electrons. The molecule has 0 atom stereocenters. The third-order valence-corrected chi connectivity index (χ3v) is 4.34. The van der Waals surface area contributed by atoms with Gasteiger partial charge in [0, 0.05) is 11.3 Å². The molecule has 0 aliphatic carbocycles. The summed E-state index contributed by atoms with van der Waals surface area (Å²) in [6.45, 7) is 0.217. The number of rotatable bonds is 6. The largest absolute Gasteiger partial charge is 0.497 e. The first-order chi connectivity index (χ1) is 14.1. The molecule has 6 nitrogen and oxygen atoms in total. The number of aldehydes is 1. The van der Waals surface area contributed by atoms with E-state index in [1.54, 1.807) is 55.6 Å². The minimum atomic E-state index is -0.828. The lowest BCUT2D eigenvalue weighted by Crippen LogP contribution is -2.39. The van der Waals surface area contributed by atoms with Crippen molar-refractivity contribution < 1.29 is 19.1 Å². The van der Waals surface area contributed by atoms with Gasteiger partial charge < -0.3 is 10.1 Å². The van der Waals surface area contributed by atoms with Gasteiger partial charge in [-0.25, -0.2) is 0 Å². The predicted molar refractivity (Wildman–Crippen MR) is 111 cm³/mol. The summed E-state index contributed by atoms with van der Waals surface area (Å²) >= 11 is 0. The number of carbonyl (C=O) groups excluding carboxylic acids is 3. The zero-order valence-corrected chi connectivity index (χ0v) is 15.9. The van der Waals surface area contributed by atoms with E-state index in [1.165, 1.54) is 4.90 Å². The number of amides is 2. The number of anilines is 2. The highest BCUT2D eigenvalue weighted by Crippen LogP contribution is 2.22. The van der Waals surface area contributed by atoms with Crippen molar-refractivity contribution in [2.75, 3.05) is 17.3 Å². The van der Waals surface area contributed by atoms with Gasteiger partial charge in [-0.05, 0) is 42.0 Å². The van der Waals surface area contributed by atoms with E-state index >= 15 is 0 Å². The quantitative estimate of drug-likeness (QED) is 0.516. The van der Waals surface area contributed by atoms with E-state index in [1.807, 2.05) is 30.3 Å². The molecule has 0 aliphatic rings. The van der Waals surface area contributed by atoms with Crippen LogP contribution in [0, 0.1) is 0 Å². The Morgan fingerprint density at radius 2 is 1.59 bits per heavy atom. The summed E-state index contributed by atoms with van der Waals surface area (Å²) in [6.07, 6.45) is 0.630. The van der Waals surface area contributed by atoms with Crippen LogP contribution < -0.4 is 15.0 Å². The minimum Gasteiger partial charge on any atom is -0.497 e. The summed E-state index contributed by atoms with van der Waals surface area (Å²) in [6, 6.07) is 22.7.